The Hall–Kier alpha value is -2.74. The van der Waals surface area contributed by atoms with Crippen LogP contribution in [0.25, 0.3) is 0 Å². The van der Waals surface area contributed by atoms with E-state index in [9.17, 15) is 0 Å². The van der Waals surface area contributed by atoms with E-state index in [1.807, 2.05) is 30.3 Å². The van der Waals surface area contributed by atoms with E-state index in [1.165, 1.54) is 11.1 Å². The lowest BCUT2D eigenvalue weighted by molar-refractivity contribution is 0.409. The molecule has 0 fully saturated rings. The number of benzene rings is 3. The zero-order chi connectivity index (χ0) is 15.4. The lowest BCUT2D eigenvalue weighted by atomic mass is 9.84. The Balaban J connectivity index is 2.24. The molecule has 0 saturated carbocycles. The zero-order valence-corrected chi connectivity index (χ0v) is 12.6. The van der Waals surface area contributed by atoms with Gasteiger partial charge in [0, 0.05) is 17.2 Å². The van der Waals surface area contributed by atoms with Crippen LogP contribution in [-0.2, 0) is 0 Å². The quantitative estimate of drug-likeness (QED) is 0.568. The molecule has 2 nitrogen and oxygen atoms in total. The first-order valence-corrected chi connectivity index (χ1v) is 7.33. The molecule has 0 spiro atoms. The molecular weight excluding hydrogens is 270 g/mol. The van der Waals surface area contributed by atoms with E-state index in [-0.39, 0.29) is 5.92 Å². The molecule has 2 heteroatoms. The van der Waals surface area contributed by atoms with E-state index >= 15 is 0 Å². The highest BCUT2D eigenvalue weighted by Crippen LogP contribution is 2.40. The Morgan fingerprint density at radius 3 is 1.77 bits per heavy atom. The van der Waals surface area contributed by atoms with Crippen molar-refractivity contribution >= 4 is 5.69 Å². The number of ether oxygens (including phenoxy) is 1. The van der Waals surface area contributed by atoms with Crippen LogP contribution in [0.1, 0.15) is 22.6 Å². The molecule has 0 heterocycles. The van der Waals surface area contributed by atoms with Gasteiger partial charge in [-0.15, -0.1) is 0 Å². The van der Waals surface area contributed by atoms with Crippen molar-refractivity contribution in [2.75, 3.05) is 12.8 Å². The smallest absolute Gasteiger partial charge is 0.125 e. The Morgan fingerprint density at radius 2 is 1.27 bits per heavy atom. The molecule has 0 atom stereocenters. The molecule has 2 N–H and O–H groups in total. The van der Waals surface area contributed by atoms with Crippen LogP contribution in [0.15, 0.2) is 78.9 Å². The van der Waals surface area contributed by atoms with Gasteiger partial charge in [0.25, 0.3) is 0 Å². The second-order valence-corrected chi connectivity index (χ2v) is 5.22. The fraction of sp³-hybridized carbons (Fsp3) is 0.100. The first-order valence-electron chi connectivity index (χ1n) is 7.33. The Morgan fingerprint density at radius 1 is 0.727 bits per heavy atom. The minimum absolute atomic E-state index is 0.0542. The molecule has 0 aliphatic rings. The summed E-state index contributed by atoms with van der Waals surface area (Å²) in [6.07, 6.45) is 0. The maximum absolute atomic E-state index is 6.29. The van der Waals surface area contributed by atoms with E-state index in [2.05, 4.69) is 48.5 Å². The number of hydrogen-bond acceptors (Lipinski definition) is 2. The summed E-state index contributed by atoms with van der Waals surface area (Å²) in [7, 11) is 1.69. The van der Waals surface area contributed by atoms with Crippen molar-refractivity contribution in [3.8, 4) is 5.75 Å². The van der Waals surface area contributed by atoms with E-state index in [4.69, 9.17) is 10.5 Å². The number of methoxy groups -OCH3 is 1. The van der Waals surface area contributed by atoms with Crippen LogP contribution in [-0.4, -0.2) is 7.11 Å². The van der Waals surface area contributed by atoms with Crippen LogP contribution >= 0.6 is 0 Å². The number of anilines is 1. The van der Waals surface area contributed by atoms with Crippen LogP contribution in [0.4, 0.5) is 5.69 Å². The first kappa shape index (κ1) is 14.2. The number of nitrogen functional groups attached to an aromatic ring is 1. The van der Waals surface area contributed by atoms with Crippen molar-refractivity contribution in [3.05, 3.63) is 95.6 Å². The maximum atomic E-state index is 6.29. The minimum atomic E-state index is 0.0542. The highest BCUT2D eigenvalue weighted by molar-refractivity contribution is 5.61. The van der Waals surface area contributed by atoms with Crippen molar-refractivity contribution in [2.24, 2.45) is 0 Å². The zero-order valence-electron chi connectivity index (χ0n) is 12.6. The predicted molar refractivity (Wildman–Crippen MR) is 91.2 cm³/mol. The summed E-state index contributed by atoms with van der Waals surface area (Å²) in [6.45, 7) is 0. The van der Waals surface area contributed by atoms with Crippen molar-refractivity contribution in [3.63, 3.8) is 0 Å². The molecule has 0 aliphatic heterocycles. The van der Waals surface area contributed by atoms with Gasteiger partial charge in [-0.2, -0.15) is 0 Å². The van der Waals surface area contributed by atoms with Crippen LogP contribution in [0.5, 0.6) is 5.75 Å². The molecular formula is C20H19NO. The SMILES string of the molecule is COc1cccc(N)c1C(c1ccccc1)c1ccccc1. The van der Waals surface area contributed by atoms with Crippen molar-refractivity contribution < 1.29 is 4.74 Å². The van der Waals surface area contributed by atoms with Crippen LogP contribution in [0.2, 0.25) is 0 Å². The lowest BCUT2D eigenvalue weighted by Gasteiger charge is -2.22. The monoisotopic (exact) mass is 289 g/mol. The molecule has 3 aromatic carbocycles. The van der Waals surface area contributed by atoms with Crippen molar-refractivity contribution in [2.45, 2.75) is 5.92 Å². The highest BCUT2D eigenvalue weighted by atomic mass is 16.5. The summed E-state index contributed by atoms with van der Waals surface area (Å²) in [4.78, 5) is 0. The van der Waals surface area contributed by atoms with Crippen LogP contribution in [0, 0.1) is 0 Å². The third kappa shape index (κ3) is 2.68. The summed E-state index contributed by atoms with van der Waals surface area (Å²) >= 11 is 0. The first-order chi connectivity index (χ1) is 10.8. The maximum Gasteiger partial charge on any atom is 0.125 e. The van der Waals surface area contributed by atoms with E-state index in [0.717, 1.165) is 17.0 Å². The fourth-order valence-electron chi connectivity index (χ4n) is 2.86. The normalized spacial score (nSPS) is 10.6. The Bertz CT molecular complexity index is 699. The molecule has 0 aromatic heterocycles. The topological polar surface area (TPSA) is 35.2 Å². The van der Waals surface area contributed by atoms with Gasteiger partial charge < -0.3 is 10.5 Å². The van der Waals surface area contributed by atoms with Gasteiger partial charge in [-0.3, -0.25) is 0 Å². The van der Waals surface area contributed by atoms with Crippen LogP contribution in [0.3, 0.4) is 0 Å². The number of rotatable bonds is 4. The van der Waals surface area contributed by atoms with Crippen molar-refractivity contribution in [1.82, 2.24) is 0 Å². The van der Waals surface area contributed by atoms with Gasteiger partial charge in [-0.1, -0.05) is 66.7 Å². The average molecular weight is 289 g/mol. The highest BCUT2D eigenvalue weighted by Gasteiger charge is 2.22. The molecule has 0 bridgehead atoms. The largest absolute Gasteiger partial charge is 0.496 e. The predicted octanol–water partition coefficient (Wildman–Crippen LogP) is 4.46. The molecule has 22 heavy (non-hydrogen) atoms. The summed E-state index contributed by atoms with van der Waals surface area (Å²) in [5.74, 6) is 0.872. The second kappa shape index (κ2) is 6.35. The molecule has 110 valence electrons. The number of hydrogen-bond donors (Lipinski definition) is 1. The van der Waals surface area contributed by atoms with Gasteiger partial charge in [-0.05, 0) is 23.3 Å². The molecule has 0 unspecified atom stereocenters. The summed E-state index contributed by atoms with van der Waals surface area (Å²) in [5.41, 5.74) is 10.5. The third-order valence-electron chi connectivity index (χ3n) is 3.87. The van der Waals surface area contributed by atoms with E-state index in [1.54, 1.807) is 7.11 Å². The standard InChI is InChI=1S/C20H19NO/c1-22-18-14-8-13-17(21)20(18)19(15-9-4-2-5-10-15)16-11-6-3-7-12-16/h2-14,19H,21H2,1H3. The summed E-state index contributed by atoms with van der Waals surface area (Å²) in [5, 5.41) is 0. The van der Waals surface area contributed by atoms with E-state index < -0.39 is 0 Å². The van der Waals surface area contributed by atoms with Crippen LogP contribution < -0.4 is 10.5 Å². The average Bonchev–Trinajstić information content (AvgIpc) is 2.58. The second-order valence-electron chi connectivity index (χ2n) is 5.22. The van der Waals surface area contributed by atoms with Crippen molar-refractivity contribution in [1.29, 1.82) is 0 Å². The summed E-state index contributed by atoms with van der Waals surface area (Å²) < 4.78 is 5.57. The lowest BCUT2D eigenvalue weighted by Crippen LogP contribution is -2.08. The summed E-state index contributed by atoms with van der Waals surface area (Å²) in [6, 6.07) is 26.6. The Labute approximate surface area is 131 Å². The molecule has 0 amide bonds. The molecule has 0 radical (unpaired) electrons. The molecule has 0 saturated heterocycles. The van der Waals surface area contributed by atoms with Gasteiger partial charge in [0.1, 0.15) is 5.75 Å². The fourth-order valence-corrected chi connectivity index (χ4v) is 2.86. The minimum Gasteiger partial charge on any atom is -0.496 e. The van der Waals surface area contributed by atoms with Gasteiger partial charge >= 0.3 is 0 Å². The number of nitrogens with two attached hydrogens (primary N) is 1. The van der Waals surface area contributed by atoms with Gasteiger partial charge in [0.15, 0.2) is 0 Å². The van der Waals surface area contributed by atoms with Gasteiger partial charge in [-0.25, -0.2) is 0 Å². The molecule has 0 aliphatic carbocycles. The molecule has 3 rings (SSSR count). The Kier molecular flexibility index (Phi) is 4.10. The van der Waals surface area contributed by atoms with Gasteiger partial charge in [0.05, 0.1) is 7.11 Å². The molecule has 3 aromatic rings. The van der Waals surface area contributed by atoms with Gasteiger partial charge in [0.2, 0.25) is 0 Å². The van der Waals surface area contributed by atoms with E-state index in [0.29, 0.717) is 0 Å². The third-order valence-corrected chi connectivity index (χ3v) is 3.87.